The first-order chi connectivity index (χ1) is 7.54. The summed E-state index contributed by atoms with van der Waals surface area (Å²) in [6.45, 7) is 2.10. The van der Waals surface area contributed by atoms with Crippen molar-refractivity contribution in [2.24, 2.45) is 5.73 Å². The summed E-state index contributed by atoms with van der Waals surface area (Å²) in [4.78, 5) is 11.2. The normalized spacial score (nSPS) is 11.5. The van der Waals surface area contributed by atoms with Crippen LogP contribution >= 0.6 is 35.6 Å². The fourth-order valence-electron chi connectivity index (χ4n) is 1.31. The van der Waals surface area contributed by atoms with Gasteiger partial charge in [0.05, 0.1) is 13.0 Å². The highest BCUT2D eigenvalue weighted by Crippen LogP contribution is 2.26. The van der Waals surface area contributed by atoms with Crippen molar-refractivity contribution in [2.45, 2.75) is 19.4 Å². The van der Waals surface area contributed by atoms with E-state index in [1.54, 1.807) is 25.1 Å². The molecule has 17 heavy (non-hydrogen) atoms. The Hall–Kier alpha value is -0.480. The highest BCUT2D eigenvalue weighted by molar-refractivity contribution is 6.35. The average molecular weight is 299 g/mol. The molecule has 0 bridgehead atoms. The van der Waals surface area contributed by atoms with Gasteiger partial charge in [-0.2, -0.15) is 0 Å². The number of hydrogen-bond donors (Lipinski definition) is 1. The van der Waals surface area contributed by atoms with Gasteiger partial charge in [-0.3, -0.25) is 4.79 Å². The zero-order chi connectivity index (χ0) is 12.1. The number of esters is 1. The topological polar surface area (TPSA) is 52.3 Å². The van der Waals surface area contributed by atoms with E-state index in [1.807, 2.05) is 0 Å². The molecule has 1 atom stereocenters. The maximum atomic E-state index is 11.2. The third-order valence-electron chi connectivity index (χ3n) is 2.05. The molecule has 0 aliphatic carbocycles. The summed E-state index contributed by atoms with van der Waals surface area (Å²) in [6.07, 6.45) is 0.106. The number of ether oxygens (including phenoxy) is 1. The number of benzene rings is 1. The van der Waals surface area contributed by atoms with Gasteiger partial charge in [-0.15, -0.1) is 12.4 Å². The van der Waals surface area contributed by atoms with Crippen molar-refractivity contribution in [1.82, 2.24) is 0 Å². The smallest absolute Gasteiger partial charge is 0.307 e. The van der Waals surface area contributed by atoms with Crippen LogP contribution in [0.3, 0.4) is 0 Å². The van der Waals surface area contributed by atoms with Crippen molar-refractivity contribution in [1.29, 1.82) is 0 Å². The first-order valence-electron chi connectivity index (χ1n) is 4.90. The molecule has 0 unspecified atom stereocenters. The molecule has 0 amide bonds. The minimum atomic E-state index is -0.469. The molecule has 0 aliphatic rings. The summed E-state index contributed by atoms with van der Waals surface area (Å²) < 4.78 is 4.81. The first kappa shape index (κ1) is 16.5. The predicted octanol–water partition coefficient (Wildman–Crippen LogP) is 3.37. The number of nitrogens with two attached hydrogens (primary N) is 1. The second kappa shape index (κ2) is 7.77. The summed E-state index contributed by atoms with van der Waals surface area (Å²) in [6, 6.07) is 4.54. The van der Waals surface area contributed by atoms with E-state index in [2.05, 4.69) is 0 Å². The number of hydrogen-bond acceptors (Lipinski definition) is 3. The molecule has 0 saturated carbocycles. The van der Waals surface area contributed by atoms with Crippen molar-refractivity contribution < 1.29 is 9.53 Å². The monoisotopic (exact) mass is 297 g/mol. The minimum absolute atomic E-state index is 0. The lowest BCUT2D eigenvalue weighted by molar-refractivity contribution is -0.143. The van der Waals surface area contributed by atoms with E-state index in [1.165, 1.54) is 0 Å². The average Bonchev–Trinajstić information content (AvgIpc) is 2.17. The van der Waals surface area contributed by atoms with E-state index in [-0.39, 0.29) is 24.8 Å². The van der Waals surface area contributed by atoms with Gasteiger partial charge < -0.3 is 10.5 Å². The standard InChI is InChI=1S/C11H13Cl2NO2.ClH/c1-2-16-11(15)6-10(14)8-4-3-7(12)5-9(8)13;/h3-5,10H,2,6,14H2,1H3;1H/t10-;/m0./s1. The largest absolute Gasteiger partial charge is 0.466 e. The molecule has 96 valence electrons. The zero-order valence-electron chi connectivity index (χ0n) is 9.28. The van der Waals surface area contributed by atoms with E-state index in [0.717, 1.165) is 0 Å². The van der Waals surface area contributed by atoms with Crippen LogP contribution in [-0.4, -0.2) is 12.6 Å². The molecule has 3 nitrogen and oxygen atoms in total. The fourth-order valence-corrected chi connectivity index (χ4v) is 1.86. The van der Waals surface area contributed by atoms with Crippen LogP contribution in [0, 0.1) is 0 Å². The SMILES string of the molecule is CCOC(=O)C[C@H](N)c1ccc(Cl)cc1Cl.Cl. The molecule has 0 fully saturated rings. The van der Waals surface area contributed by atoms with Crippen molar-refractivity contribution >= 4 is 41.6 Å². The molecule has 0 heterocycles. The molecule has 6 heteroatoms. The molecule has 1 aromatic carbocycles. The van der Waals surface area contributed by atoms with Crippen molar-refractivity contribution in [2.75, 3.05) is 6.61 Å². The lowest BCUT2D eigenvalue weighted by atomic mass is 10.1. The van der Waals surface area contributed by atoms with Gasteiger partial charge in [0.25, 0.3) is 0 Å². The van der Waals surface area contributed by atoms with E-state index in [9.17, 15) is 4.79 Å². The lowest BCUT2D eigenvalue weighted by Gasteiger charge is -2.12. The molecule has 0 aromatic heterocycles. The molecule has 1 aromatic rings. The second-order valence-corrected chi connectivity index (χ2v) is 4.13. The highest BCUT2D eigenvalue weighted by atomic mass is 35.5. The summed E-state index contributed by atoms with van der Waals surface area (Å²) in [5.74, 6) is -0.332. The van der Waals surface area contributed by atoms with Crippen LogP contribution in [0.4, 0.5) is 0 Å². The van der Waals surface area contributed by atoms with Gasteiger partial charge in [0.2, 0.25) is 0 Å². The molecule has 0 saturated heterocycles. The second-order valence-electron chi connectivity index (χ2n) is 3.28. The molecule has 0 spiro atoms. The Morgan fingerprint density at radius 2 is 2.12 bits per heavy atom. The first-order valence-corrected chi connectivity index (χ1v) is 5.66. The van der Waals surface area contributed by atoms with Gasteiger partial charge in [0, 0.05) is 16.1 Å². The van der Waals surface area contributed by atoms with Gasteiger partial charge in [-0.1, -0.05) is 29.3 Å². The van der Waals surface area contributed by atoms with Crippen molar-refractivity contribution in [3.63, 3.8) is 0 Å². The quantitative estimate of drug-likeness (QED) is 0.867. The molecular formula is C11H14Cl3NO2. The summed E-state index contributed by atoms with van der Waals surface area (Å²) >= 11 is 11.7. The third kappa shape index (κ3) is 5.13. The van der Waals surface area contributed by atoms with Crippen LogP contribution in [0.2, 0.25) is 10.0 Å². The van der Waals surface area contributed by atoms with Gasteiger partial charge in [0.15, 0.2) is 0 Å². The Morgan fingerprint density at radius 3 is 2.65 bits per heavy atom. The van der Waals surface area contributed by atoms with E-state index < -0.39 is 6.04 Å². The number of halogens is 3. The lowest BCUT2D eigenvalue weighted by Crippen LogP contribution is -2.17. The van der Waals surface area contributed by atoms with Crippen LogP contribution < -0.4 is 5.73 Å². The van der Waals surface area contributed by atoms with E-state index in [4.69, 9.17) is 33.7 Å². The van der Waals surface area contributed by atoms with Crippen molar-refractivity contribution in [3.05, 3.63) is 33.8 Å². The number of carbonyl (C=O) groups excluding carboxylic acids is 1. The Balaban J connectivity index is 0.00000256. The van der Waals surface area contributed by atoms with Crippen molar-refractivity contribution in [3.8, 4) is 0 Å². The zero-order valence-corrected chi connectivity index (χ0v) is 11.6. The Labute approximate surface area is 117 Å². The van der Waals surface area contributed by atoms with E-state index in [0.29, 0.717) is 22.2 Å². The van der Waals surface area contributed by atoms with E-state index >= 15 is 0 Å². The maximum Gasteiger partial charge on any atom is 0.307 e. The van der Waals surface area contributed by atoms with Gasteiger partial charge in [0.1, 0.15) is 0 Å². The highest BCUT2D eigenvalue weighted by Gasteiger charge is 2.15. The molecule has 0 radical (unpaired) electrons. The van der Waals surface area contributed by atoms with Gasteiger partial charge >= 0.3 is 5.97 Å². The van der Waals surface area contributed by atoms with Gasteiger partial charge in [-0.05, 0) is 24.6 Å². The number of carbonyl (C=O) groups is 1. The fraction of sp³-hybridized carbons (Fsp3) is 0.364. The summed E-state index contributed by atoms with van der Waals surface area (Å²) in [7, 11) is 0. The maximum absolute atomic E-state index is 11.2. The van der Waals surface area contributed by atoms with Crippen LogP contribution in [0.25, 0.3) is 0 Å². The minimum Gasteiger partial charge on any atom is -0.466 e. The molecule has 2 N–H and O–H groups in total. The predicted molar refractivity (Wildman–Crippen MR) is 71.9 cm³/mol. The molecule has 0 aliphatic heterocycles. The van der Waals surface area contributed by atoms with Crippen LogP contribution in [-0.2, 0) is 9.53 Å². The Morgan fingerprint density at radius 1 is 1.47 bits per heavy atom. The summed E-state index contributed by atoms with van der Waals surface area (Å²) in [5.41, 5.74) is 6.54. The van der Waals surface area contributed by atoms with Crippen LogP contribution in [0.15, 0.2) is 18.2 Å². The Kier molecular flexibility index (Phi) is 7.55. The third-order valence-corrected chi connectivity index (χ3v) is 2.62. The molecule has 1 rings (SSSR count). The molecular weight excluding hydrogens is 284 g/mol. The van der Waals surface area contributed by atoms with Crippen LogP contribution in [0.1, 0.15) is 24.9 Å². The Bertz CT molecular complexity index is 385. The summed E-state index contributed by atoms with van der Waals surface area (Å²) in [5, 5.41) is 1.00. The van der Waals surface area contributed by atoms with Gasteiger partial charge in [-0.25, -0.2) is 0 Å². The number of rotatable bonds is 4. The van der Waals surface area contributed by atoms with Crippen LogP contribution in [0.5, 0.6) is 0 Å².